The van der Waals surface area contributed by atoms with Gasteiger partial charge < -0.3 is 5.32 Å². The number of hydrogen-bond donors (Lipinski definition) is 1. The maximum Gasteiger partial charge on any atom is 0.252 e. The van der Waals surface area contributed by atoms with Gasteiger partial charge in [-0.05, 0) is 40.0 Å². The molecule has 1 amide bonds. The summed E-state index contributed by atoms with van der Waals surface area (Å²) in [6, 6.07) is 5.06. The van der Waals surface area contributed by atoms with E-state index in [1.54, 1.807) is 18.2 Å². The van der Waals surface area contributed by atoms with Crippen LogP contribution in [-0.4, -0.2) is 17.8 Å². The second-order valence-electron chi connectivity index (χ2n) is 4.10. The molecular weight excluding hydrogens is 325 g/mol. The van der Waals surface area contributed by atoms with Crippen molar-refractivity contribution in [2.24, 2.45) is 5.92 Å². The zero-order chi connectivity index (χ0) is 13.0. The molecule has 0 saturated carbocycles. The maximum absolute atomic E-state index is 12.0. The summed E-state index contributed by atoms with van der Waals surface area (Å²) in [7, 11) is 0. The lowest BCUT2D eigenvalue weighted by atomic mass is 10.1. The lowest BCUT2D eigenvalue weighted by Gasteiger charge is -2.20. The van der Waals surface area contributed by atoms with E-state index < -0.39 is 0 Å². The van der Waals surface area contributed by atoms with E-state index in [1.165, 1.54) is 0 Å². The van der Waals surface area contributed by atoms with Crippen LogP contribution in [-0.2, 0) is 0 Å². The van der Waals surface area contributed by atoms with E-state index in [2.05, 4.69) is 21.2 Å². The molecule has 1 unspecified atom stereocenters. The molecule has 0 fully saturated rings. The second-order valence-corrected chi connectivity index (χ2v) is 5.70. The monoisotopic (exact) mass is 337 g/mol. The zero-order valence-electron chi connectivity index (χ0n) is 9.64. The van der Waals surface area contributed by atoms with Gasteiger partial charge in [-0.1, -0.05) is 25.4 Å². The Morgan fingerprint density at radius 2 is 2.12 bits per heavy atom. The molecule has 1 aromatic rings. The van der Waals surface area contributed by atoms with E-state index in [0.29, 0.717) is 16.5 Å². The lowest BCUT2D eigenvalue weighted by Crippen LogP contribution is -2.40. The minimum atomic E-state index is -0.168. The Labute approximate surface area is 120 Å². The molecule has 2 nitrogen and oxygen atoms in total. The number of benzene rings is 1. The van der Waals surface area contributed by atoms with Gasteiger partial charge in [0.05, 0.1) is 5.56 Å². The molecule has 0 aliphatic carbocycles. The highest BCUT2D eigenvalue weighted by atomic mass is 79.9. The number of hydrogen-bond acceptors (Lipinski definition) is 1. The van der Waals surface area contributed by atoms with Gasteiger partial charge in [-0.15, -0.1) is 11.6 Å². The Morgan fingerprint density at radius 3 is 2.65 bits per heavy atom. The van der Waals surface area contributed by atoms with E-state index >= 15 is 0 Å². The fourth-order valence-electron chi connectivity index (χ4n) is 1.30. The van der Waals surface area contributed by atoms with Gasteiger partial charge in [-0.2, -0.15) is 0 Å². The largest absolute Gasteiger partial charge is 0.348 e. The molecule has 0 saturated heterocycles. The molecule has 5 heteroatoms. The Hall–Kier alpha value is -0.250. The van der Waals surface area contributed by atoms with Crippen molar-refractivity contribution in [2.45, 2.75) is 19.9 Å². The van der Waals surface area contributed by atoms with Gasteiger partial charge in [0.1, 0.15) is 0 Å². The summed E-state index contributed by atoms with van der Waals surface area (Å²) >= 11 is 15.0. The van der Waals surface area contributed by atoms with Crippen LogP contribution >= 0.6 is 39.1 Å². The van der Waals surface area contributed by atoms with Crippen LogP contribution in [0.1, 0.15) is 24.2 Å². The van der Waals surface area contributed by atoms with Crippen LogP contribution in [0.25, 0.3) is 0 Å². The molecule has 0 aromatic heterocycles. The van der Waals surface area contributed by atoms with Gasteiger partial charge in [-0.25, -0.2) is 0 Å². The number of nitrogens with one attached hydrogen (secondary N) is 1. The average Bonchev–Trinajstić information content (AvgIpc) is 2.28. The van der Waals surface area contributed by atoms with Crippen molar-refractivity contribution >= 4 is 45.0 Å². The first-order valence-electron chi connectivity index (χ1n) is 5.27. The molecule has 0 spiro atoms. The summed E-state index contributed by atoms with van der Waals surface area (Å²) in [5.74, 6) is 0.509. The summed E-state index contributed by atoms with van der Waals surface area (Å²) in [6.07, 6.45) is 0. The fourth-order valence-corrected chi connectivity index (χ4v) is 2.33. The van der Waals surface area contributed by atoms with Crippen molar-refractivity contribution in [3.63, 3.8) is 0 Å². The maximum atomic E-state index is 12.0. The lowest BCUT2D eigenvalue weighted by molar-refractivity contribution is 0.0930. The minimum Gasteiger partial charge on any atom is -0.348 e. The molecule has 1 atom stereocenters. The van der Waals surface area contributed by atoms with Crippen molar-refractivity contribution in [1.29, 1.82) is 0 Å². The molecule has 0 radical (unpaired) electrons. The van der Waals surface area contributed by atoms with Crippen molar-refractivity contribution in [1.82, 2.24) is 5.32 Å². The molecule has 1 rings (SSSR count). The van der Waals surface area contributed by atoms with Gasteiger partial charge in [0, 0.05) is 21.4 Å². The van der Waals surface area contributed by atoms with Crippen LogP contribution in [0.3, 0.4) is 0 Å². The van der Waals surface area contributed by atoms with Crippen molar-refractivity contribution in [3.05, 3.63) is 33.3 Å². The third-order valence-electron chi connectivity index (χ3n) is 2.46. The summed E-state index contributed by atoms with van der Waals surface area (Å²) < 4.78 is 0.719. The van der Waals surface area contributed by atoms with Gasteiger partial charge in [0.15, 0.2) is 0 Å². The van der Waals surface area contributed by atoms with Gasteiger partial charge >= 0.3 is 0 Å². The van der Waals surface area contributed by atoms with Crippen LogP contribution in [0.5, 0.6) is 0 Å². The quantitative estimate of drug-likeness (QED) is 0.823. The Bertz CT molecular complexity index is 409. The van der Waals surface area contributed by atoms with Crippen LogP contribution in [0, 0.1) is 5.92 Å². The summed E-state index contributed by atoms with van der Waals surface area (Å²) in [4.78, 5) is 12.0. The van der Waals surface area contributed by atoms with E-state index in [9.17, 15) is 4.79 Å². The first kappa shape index (κ1) is 14.8. The smallest absolute Gasteiger partial charge is 0.252 e. The SMILES string of the molecule is CC(C)C(CCl)NC(=O)c1cc(Cl)ccc1Br. The predicted octanol–water partition coefficient (Wildman–Crippen LogP) is 4.10. The molecule has 17 heavy (non-hydrogen) atoms. The van der Waals surface area contributed by atoms with Gasteiger partial charge in [-0.3, -0.25) is 4.79 Å². The summed E-state index contributed by atoms with van der Waals surface area (Å²) in [6.45, 7) is 4.03. The van der Waals surface area contributed by atoms with Crippen LogP contribution < -0.4 is 5.32 Å². The average molecular weight is 339 g/mol. The van der Waals surface area contributed by atoms with Crippen molar-refractivity contribution < 1.29 is 4.79 Å². The minimum absolute atomic E-state index is 0.0463. The highest BCUT2D eigenvalue weighted by molar-refractivity contribution is 9.10. The standard InChI is InChI=1S/C12H14BrCl2NO/c1-7(2)11(6-14)16-12(17)9-5-8(15)3-4-10(9)13/h3-5,7,11H,6H2,1-2H3,(H,16,17). The number of rotatable bonds is 4. The molecule has 1 aromatic carbocycles. The van der Waals surface area contributed by atoms with Crippen LogP contribution in [0.15, 0.2) is 22.7 Å². The highest BCUT2D eigenvalue weighted by Gasteiger charge is 2.17. The summed E-state index contributed by atoms with van der Waals surface area (Å²) in [5, 5.41) is 3.42. The Balaban J connectivity index is 2.86. The first-order valence-corrected chi connectivity index (χ1v) is 6.98. The van der Waals surface area contributed by atoms with E-state index in [1.807, 2.05) is 13.8 Å². The second kappa shape index (κ2) is 6.62. The predicted molar refractivity (Wildman–Crippen MR) is 76.0 cm³/mol. The Morgan fingerprint density at radius 1 is 1.47 bits per heavy atom. The highest BCUT2D eigenvalue weighted by Crippen LogP contribution is 2.21. The number of alkyl halides is 1. The van der Waals surface area contributed by atoms with Crippen molar-refractivity contribution in [3.8, 4) is 0 Å². The van der Waals surface area contributed by atoms with E-state index in [4.69, 9.17) is 23.2 Å². The zero-order valence-corrected chi connectivity index (χ0v) is 12.7. The molecule has 0 heterocycles. The molecular formula is C12H14BrCl2NO. The number of carbonyl (C=O) groups is 1. The summed E-state index contributed by atoms with van der Waals surface area (Å²) in [5.41, 5.74) is 0.522. The fraction of sp³-hybridized carbons (Fsp3) is 0.417. The van der Waals surface area contributed by atoms with Crippen LogP contribution in [0.2, 0.25) is 5.02 Å². The normalized spacial score (nSPS) is 12.6. The van der Waals surface area contributed by atoms with E-state index in [0.717, 1.165) is 4.47 Å². The first-order chi connectivity index (χ1) is 7.95. The molecule has 0 aliphatic heterocycles. The number of halogens is 3. The topological polar surface area (TPSA) is 29.1 Å². The number of amides is 1. The van der Waals surface area contributed by atoms with E-state index in [-0.39, 0.29) is 17.9 Å². The number of carbonyl (C=O) groups excluding carboxylic acids is 1. The van der Waals surface area contributed by atoms with Crippen molar-refractivity contribution in [2.75, 3.05) is 5.88 Å². The third kappa shape index (κ3) is 4.16. The molecule has 94 valence electrons. The molecule has 0 bridgehead atoms. The Kier molecular flexibility index (Phi) is 5.77. The van der Waals surface area contributed by atoms with Gasteiger partial charge in [0.2, 0.25) is 0 Å². The third-order valence-corrected chi connectivity index (χ3v) is 3.72. The van der Waals surface area contributed by atoms with Gasteiger partial charge in [0.25, 0.3) is 5.91 Å². The molecule has 0 aliphatic rings. The van der Waals surface area contributed by atoms with Crippen LogP contribution in [0.4, 0.5) is 0 Å². The molecule has 1 N–H and O–H groups in total.